The number of likely N-dealkylation sites (tertiary alicyclic amines) is 1. The van der Waals surface area contributed by atoms with Gasteiger partial charge in [-0.1, -0.05) is 29.3 Å². The van der Waals surface area contributed by atoms with Gasteiger partial charge >= 0.3 is 0 Å². The number of nitrogens with one attached hydrogen (secondary N) is 1. The molecule has 1 aromatic heterocycles. The van der Waals surface area contributed by atoms with E-state index in [-0.39, 0.29) is 5.91 Å². The molecular formula is C17H17Cl2N3O. The molecule has 0 atom stereocenters. The molecule has 1 saturated heterocycles. The normalized spacial score (nSPS) is 14.6. The van der Waals surface area contributed by atoms with Crippen molar-refractivity contribution in [3.8, 4) is 0 Å². The molecular weight excluding hydrogens is 333 g/mol. The van der Waals surface area contributed by atoms with Crippen molar-refractivity contribution in [2.75, 3.05) is 18.4 Å². The molecule has 1 aliphatic rings. The van der Waals surface area contributed by atoms with Gasteiger partial charge in [-0.2, -0.15) is 0 Å². The van der Waals surface area contributed by atoms with Gasteiger partial charge in [0.1, 0.15) is 5.69 Å². The topological polar surface area (TPSA) is 45.2 Å². The summed E-state index contributed by atoms with van der Waals surface area (Å²) in [5.74, 6) is -0.0226. The van der Waals surface area contributed by atoms with Gasteiger partial charge in [-0.15, -0.1) is 0 Å². The second-order valence-corrected chi connectivity index (χ2v) is 6.29. The molecule has 2 aromatic rings. The number of amides is 1. The Morgan fingerprint density at radius 3 is 2.70 bits per heavy atom. The number of nitrogens with zero attached hydrogens (tertiary/aromatic N) is 2. The van der Waals surface area contributed by atoms with Crippen LogP contribution < -0.4 is 5.32 Å². The number of piperidine rings is 1. The van der Waals surface area contributed by atoms with Crippen LogP contribution in [0.4, 0.5) is 11.4 Å². The van der Waals surface area contributed by atoms with E-state index in [0.29, 0.717) is 21.4 Å². The molecule has 1 aliphatic heterocycles. The summed E-state index contributed by atoms with van der Waals surface area (Å²) in [5.41, 5.74) is 1.89. The van der Waals surface area contributed by atoms with Crippen LogP contribution in [0.15, 0.2) is 36.5 Å². The standard InChI is InChI=1S/C17H17Cl2N3O/c18-13-5-4-6-14(16(13)19)21-12-7-8-20-15(11-12)17(23)22-9-2-1-3-10-22/h4-8,11H,1-3,9-10H2,(H,20,21). The molecule has 0 spiro atoms. The van der Waals surface area contributed by atoms with Crippen molar-refractivity contribution >= 4 is 40.5 Å². The fraction of sp³-hybridized carbons (Fsp3) is 0.294. The lowest BCUT2D eigenvalue weighted by molar-refractivity contribution is 0.0718. The summed E-state index contributed by atoms with van der Waals surface area (Å²) < 4.78 is 0. The second-order valence-electron chi connectivity index (χ2n) is 5.51. The quantitative estimate of drug-likeness (QED) is 0.868. The van der Waals surface area contributed by atoms with Crippen LogP contribution in [-0.4, -0.2) is 28.9 Å². The Bertz CT molecular complexity index is 715. The molecule has 23 heavy (non-hydrogen) atoms. The van der Waals surface area contributed by atoms with Crippen molar-refractivity contribution < 1.29 is 4.79 Å². The van der Waals surface area contributed by atoms with Crippen molar-refractivity contribution in [2.45, 2.75) is 19.3 Å². The summed E-state index contributed by atoms with van der Waals surface area (Å²) >= 11 is 12.2. The van der Waals surface area contributed by atoms with Crippen molar-refractivity contribution in [1.29, 1.82) is 0 Å². The molecule has 1 amide bonds. The van der Waals surface area contributed by atoms with E-state index in [1.54, 1.807) is 24.4 Å². The number of hydrogen-bond donors (Lipinski definition) is 1. The lowest BCUT2D eigenvalue weighted by Gasteiger charge is -2.26. The van der Waals surface area contributed by atoms with Crippen LogP contribution in [-0.2, 0) is 0 Å². The average Bonchev–Trinajstić information content (AvgIpc) is 2.59. The summed E-state index contributed by atoms with van der Waals surface area (Å²) in [5, 5.41) is 4.12. The Morgan fingerprint density at radius 1 is 1.13 bits per heavy atom. The van der Waals surface area contributed by atoms with Gasteiger partial charge in [0.2, 0.25) is 0 Å². The van der Waals surface area contributed by atoms with Crippen molar-refractivity contribution in [3.63, 3.8) is 0 Å². The van der Waals surface area contributed by atoms with Crippen molar-refractivity contribution in [3.05, 3.63) is 52.3 Å². The molecule has 1 aromatic carbocycles. The molecule has 6 heteroatoms. The Labute approximate surface area is 145 Å². The minimum atomic E-state index is -0.0226. The number of aromatic nitrogens is 1. The van der Waals surface area contributed by atoms with Gasteiger partial charge in [0.25, 0.3) is 5.91 Å². The Morgan fingerprint density at radius 2 is 1.91 bits per heavy atom. The molecule has 0 saturated carbocycles. The molecule has 1 fully saturated rings. The van der Waals surface area contributed by atoms with Gasteiger partial charge in [0.05, 0.1) is 15.7 Å². The summed E-state index contributed by atoms with van der Waals surface area (Å²) in [6.07, 6.45) is 4.92. The van der Waals surface area contributed by atoms with Gasteiger partial charge in [-0.3, -0.25) is 9.78 Å². The molecule has 4 nitrogen and oxygen atoms in total. The van der Waals surface area contributed by atoms with Gasteiger partial charge < -0.3 is 10.2 Å². The first-order valence-electron chi connectivity index (χ1n) is 7.61. The van der Waals surface area contributed by atoms with E-state index < -0.39 is 0 Å². The maximum Gasteiger partial charge on any atom is 0.272 e. The first kappa shape index (κ1) is 16.1. The highest BCUT2D eigenvalue weighted by Crippen LogP contribution is 2.31. The highest BCUT2D eigenvalue weighted by atomic mass is 35.5. The predicted molar refractivity (Wildman–Crippen MR) is 93.7 cm³/mol. The van der Waals surface area contributed by atoms with Crippen LogP contribution in [0.5, 0.6) is 0 Å². The number of pyridine rings is 1. The van der Waals surface area contributed by atoms with Crippen LogP contribution in [0, 0.1) is 0 Å². The van der Waals surface area contributed by atoms with E-state index in [9.17, 15) is 4.79 Å². The number of carbonyl (C=O) groups excluding carboxylic acids is 1. The maximum absolute atomic E-state index is 12.5. The zero-order valence-electron chi connectivity index (χ0n) is 12.6. The molecule has 0 aliphatic carbocycles. The highest BCUT2D eigenvalue weighted by molar-refractivity contribution is 6.43. The van der Waals surface area contributed by atoms with Crippen LogP contribution in [0.25, 0.3) is 0 Å². The Balaban J connectivity index is 1.79. The average molecular weight is 350 g/mol. The summed E-state index contributed by atoms with van der Waals surface area (Å²) in [4.78, 5) is 18.6. The summed E-state index contributed by atoms with van der Waals surface area (Å²) in [7, 11) is 0. The molecule has 3 rings (SSSR count). The van der Waals surface area contributed by atoms with Gasteiger partial charge in [-0.05, 0) is 43.5 Å². The first-order valence-corrected chi connectivity index (χ1v) is 8.37. The zero-order chi connectivity index (χ0) is 16.2. The minimum absolute atomic E-state index is 0.0226. The summed E-state index contributed by atoms with van der Waals surface area (Å²) in [6.45, 7) is 1.61. The van der Waals surface area contributed by atoms with E-state index >= 15 is 0 Å². The Kier molecular flexibility index (Phi) is 5.03. The van der Waals surface area contributed by atoms with Crippen LogP contribution >= 0.6 is 23.2 Å². The third kappa shape index (κ3) is 3.77. The molecule has 0 radical (unpaired) electrons. The van der Waals surface area contributed by atoms with E-state index in [4.69, 9.17) is 23.2 Å². The van der Waals surface area contributed by atoms with E-state index in [0.717, 1.165) is 31.6 Å². The van der Waals surface area contributed by atoms with E-state index in [1.807, 2.05) is 17.0 Å². The molecule has 2 heterocycles. The lowest BCUT2D eigenvalue weighted by atomic mass is 10.1. The van der Waals surface area contributed by atoms with Crippen molar-refractivity contribution in [1.82, 2.24) is 9.88 Å². The number of halogens is 2. The van der Waals surface area contributed by atoms with Crippen LogP contribution in [0.3, 0.4) is 0 Å². The highest BCUT2D eigenvalue weighted by Gasteiger charge is 2.19. The lowest BCUT2D eigenvalue weighted by Crippen LogP contribution is -2.36. The first-order chi connectivity index (χ1) is 11.1. The largest absolute Gasteiger partial charge is 0.354 e. The fourth-order valence-electron chi connectivity index (χ4n) is 2.64. The zero-order valence-corrected chi connectivity index (χ0v) is 14.1. The molecule has 0 unspecified atom stereocenters. The monoisotopic (exact) mass is 349 g/mol. The third-order valence-electron chi connectivity index (χ3n) is 3.85. The van der Waals surface area contributed by atoms with Gasteiger partial charge in [-0.25, -0.2) is 0 Å². The van der Waals surface area contributed by atoms with Crippen LogP contribution in [0.2, 0.25) is 10.0 Å². The predicted octanol–water partition coefficient (Wildman–Crippen LogP) is 4.76. The molecule has 120 valence electrons. The van der Waals surface area contributed by atoms with E-state index in [2.05, 4.69) is 10.3 Å². The van der Waals surface area contributed by atoms with Gasteiger partial charge in [0.15, 0.2) is 0 Å². The number of benzene rings is 1. The van der Waals surface area contributed by atoms with Gasteiger partial charge in [0, 0.05) is 25.0 Å². The molecule has 0 bridgehead atoms. The number of anilines is 2. The van der Waals surface area contributed by atoms with Crippen molar-refractivity contribution in [2.24, 2.45) is 0 Å². The second kappa shape index (κ2) is 7.20. The fourth-order valence-corrected chi connectivity index (χ4v) is 2.99. The van der Waals surface area contributed by atoms with E-state index in [1.165, 1.54) is 6.42 Å². The molecule has 1 N–H and O–H groups in total. The number of rotatable bonds is 3. The number of hydrogen-bond acceptors (Lipinski definition) is 3. The maximum atomic E-state index is 12.5. The van der Waals surface area contributed by atoms with Crippen LogP contribution in [0.1, 0.15) is 29.8 Å². The minimum Gasteiger partial charge on any atom is -0.354 e. The summed E-state index contributed by atoms with van der Waals surface area (Å²) in [6, 6.07) is 8.92. The Hall–Kier alpha value is -1.78. The number of carbonyl (C=O) groups is 1. The smallest absolute Gasteiger partial charge is 0.272 e. The SMILES string of the molecule is O=C(c1cc(Nc2cccc(Cl)c2Cl)ccn1)N1CCCCC1. The third-order valence-corrected chi connectivity index (χ3v) is 4.67.